The molecule has 23 heavy (non-hydrogen) atoms. The molecule has 10 nitrogen and oxygen atoms in total. The Labute approximate surface area is 134 Å². The molecule has 0 spiro atoms. The summed E-state index contributed by atoms with van der Waals surface area (Å²) in [6.45, 7) is 0.604. The minimum Gasteiger partial charge on any atom is -0.481 e. The maximum absolute atomic E-state index is 10.2. The van der Waals surface area contributed by atoms with E-state index in [0.29, 0.717) is 13.0 Å². The standard InChI is InChI=1S/C7H14N2O4.C6H14N2O2/c8-7(9,4-6(12)13)3-1-2-5(10)11;7-4-2-1-3-5(8)6(9)10/h1-4,8-9H2,(H,10,11)(H,12,13);5H,1-4,7-8H2,(H,9,10)/t;5-/m.0/s1. The fourth-order valence-electron chi connectivity index (χ4n) is 1.57. The molecule has 0 aromatic rings. The number of unbranched alkanes of at least 4 members (excludes halogenated alkanes) is 1. The molecule has 0 heterocycles. The van der Waals surface area contributed by atoms with Crippen molar-refractivity contribution >= 4 is 17.9 Å². The lowest BCUT2D eigenvalue weighted by molar-refractivity contribution is -0.139. The molecule has 11 N–H and O–H groups in total. The van der Waals surface area contributed by atoms with E-state index < -0.39 is 29.6 Å². The van der Waals surface area contributed by atoms with Crippen molar-refractivity contribution in [3.63, 3.8) is 0 Å². The number of aliphatic carboxylic acids is 3. The van der Waals surface area contributed by atoms with E-state index >= 15 is 0 Å². The average Bonchev–Trinajstić information content (AvgIpc) is 2.37. The zero-order valence-electron chi connectivity index (χ0n) is 13.1. The molecule has 0 aliphatic heterocycles. The average molecular weight is 336 g/mol. The summed E-state index contributed by atoms with van der Waals surface area (Å²) in [4.78, 5) is 30.5. The first-order valence-corrected chi connectivity index (χ1v) is 7.21. The van der Waals surface area contributed by atoms with E-state index in [0.717, 1.165) is 12.8 Å². The van der Waals surface area contributed by atoms with Crippen LogP contribution in [0.4, 0.5) is 0 Å². The molecule has 0 fully saturated rings. The predicted octanol–water partition coefficient (Wildman–Crippen LogP) is -1.14. The van der Waals surface area contributed by atoms with E-state index in [-0.39, 0.29) is 25.7 Å². The third kappa shape index (κ3) is 18.2. The van der Waals surface area contributed by atoms with Gasteiger partial charge in [-0.25, -0.2) is 0 Å². The van der Waals surface area contributed by atoms with Crippen molar-refractivity contribution in [1.82, 2.24) is 0 Å². The van der Waals surface area contributed by atoms with Crippen LogP contribution < -0.4 is 22.9 Å². The second-order valence-electron chi connectivity index (χ2n) is 5.28. The highest BCUT2D eigenvalue weighted by Gasteiger charge is 2.22. The molecule has 1 atom stereocenters. The first-order valence-electron chi connectivity index (χ1n) is 7.21. The predicted molar refractivity (Wildman–Crippen MR) is 83.4 cm³/mol. The molecular weight excluding hydrogens is 308 g/mol. The van der Waals surface area contributed by atoms with Gasteiger partial charge in [0.05, 0.1) is 12.1 Å². The van der Waals surface area contributed by atoms with E-state index in [1.54, 1.807) is 0 Å². The molecule has 0 radical (unpaired) electrons. The highest BCUT2D eigenvalue weighted by molar-refractivity contribution is 5.72. The smallest absolute Gasteiger partial charge is 0.320 e. The van der Waals surface area contributed by atoms with Crippen LogP contribution in [0.3, 0.4) is 0 Å². The maximum Gasteiger partial charge on any atom is 0.320 e. The largest absolute Gasteiger partial charge is 0.481 e. The molecule has 0 aromatic carbocycles. The molecular formula is C13H28N4O6. The van der Waals surface area contributed by atoms with Crippen LogP contribution in [0.2, 0.25) is 0 Å². The third-order valence-corrected chi connectivity index (χ3v) is 2.80. The lowest BCUT2D eigenvalue weighted by Crippen LogP contribution is -2.50. The van der Waals surface area contributed by atoms with Crippen molar-refractivity contribution in [3.05, 3.63) is 0 Å². The monoisotopic (exact) mass is 336 g/mol. The van der Waals surface area contributed by atoms with Crippen molar-refractivity contribution < 1.29 is 29.7 Å². The minimum atomic E-state index is -1.30. The van der Waals surface area contributed by atoms with Crippen LogP contribution in [0, 0.1) is 0 Å². The molecule has 0 aliphatic rings. The number of carboxylic acid groups (broad SMARTS) is 3. The number of rotatable bonds is 11. The third-order valence-electron chi connectivity index (χ3n) is 2.80. The summed E-state index contributed by atoms with van der Waals surface area (Å²) in [6, 6.07) is -0.716. The van der Waals surface area contributed by atoms with Crippen molar-refractivity contribution in [2.24, 2.45) is 22.9 Å². The first-order chi connectivity index (χ1) is 10.5. The molecule has 0 aromatic heterocycles. The SMILES string of the molecule is NC(N)(CCCC(=O)O)CC(=O)O.NCCCC[C@H](N)C(=O)O. The Morgan fingerprint density at radius 2 is 1.52 bits per heavy atom. The molecule has 0 rings (SSSR count). The van der Waals surface area contributed by atoms with Gasteiger partial charge in [-0.3, -0.25) is 14.4 Å². The van der Waals surface area contributed by atoms with Crippen molar-refractivity contribution in [2.75, 3.05) is 6.54 Å². The van der Waals surface area contributed by atoms with Gasteiger partial charge in [0.25, 0.3) is 0 Å². The van der Waals surface area contributed by atoms with E-state index in [4.69, 9.17) is 38.3 Å². The van der Waals surface area contributed by atoms with Gasteiger partial charge in [-0.2, -0.15) is 0 Å². The Balaban J connectivity index is 0. The van der Waals surface area contributed by atoms with Gasteiger partial charge in [-0.15, -0.1) is 0 Å². The van der Waals surface area contributed by atoms with E-state index in [1.807, 2.05) is 0 Å². The Hall–Kier alpha value is -1.75. The van der Waals surface area contributed by atoms with Crippen LogP contribution in [0.5, 0.6) is 0 Å². The molecule has 0 aliphatic carbocycles. The Morgan fingerprint density at radius 1 is 0.957 bits per heavy atom. The van der Waals surface area contributed by atoms with E-state index in [2.05, 4.69) is 0 Å². The van der Waals surface area contributed by atoms with Gasteiger partial charge in [0.2, 0.25) is 0 Å². The fraction of sp³-hybridized carbons (Fsp3) is 0.769. The second kappa shape index (κ2) is 12.8. The van der Waals surface area contributed by atoms with Crippen LogP contribution in [-0.2, 0) is 14.4 Å². The van der Waals surface area contributed by atoms with E-state index in [1.165, 1.54) is 0 Å². The molecule has 0 bridgehead atoms. The lowest BCUT2D eigenvalue weighted by atomic mass is 10.0. The van der Waals surface area contributed by atoms with Crippen LogP contribution >= 0.6 is 0 Å². The van der Waals surface area contributed by atoms with Crippen LogP contribution in [0.1, 0.15) is 44.9 Å². The quantitative estimate of drug-likeness (QED) is 0.177. The number of hydrogen-bond donors (Lipinski definition) is 7. The Morgan fingerprint density at radius 3 is 1.91 bits per heavy atom. The Kier molecular flexibility index (Phi) is 13.0. The summed E-state index contributed by atoms with van der Waals surface area (Å²) in [5, 5.41) is 25.0. The highest BCUT2D eigenvalue weighted by atomic mass is 16.4. The molecule has 0 saturated carbocycles. The van der Waals surface area contributed by atoms with Gasteiger partial charge < -0.3 is 38.3 Å². The zero-order valence-corrected chi connectivity index (χ0v) is 13.1. The van der Waals surface area contributed by atoms with Crippen molar-refractivity contribution in [2.45, 2.75) is 56.7 Å². The first kappa shape index (κ1) is 23.5. The summed E-state index contributed by atoms with van der Waals surface area (Å²) in [5.74, 6) is -2.96. The highest BCUT2D eigenvalue weighted by Crippen LogP contribution is 2.09. The fourth-order valence-corrected chi connectivity index (χ4v) is 1.57. The number of hydrogen-bond acceptors (Lipinski definition) is 7. The normalized spacial score (nSPS) is 12.0. The summed E-state index contributed by atoms with van der Waals surface area (Å²) in [6.07, 6.45) is 2.24. The van der Waals surface area contributed by atoms with Crippen LogP contribution in [-0.4, -0.2) is 51.5 Å². The zero-order chi connectivity index (χ0) is 18.5. The van der Waals surface area contributed by atoms with E-state index in [9.17, 15) is 14.4 Å². The van der Waals surface area contributed by atoms with Crippen molar-refractivity contribution in [3.8, 4) is 0 Å². The van der Waals surface area contributed by atoms with Gasteiger partial charge in [0, 0.05) is 6.42 Å². The van der Waals surface area contributed by atoms with Gasteiger partial charge >= 0.3 is 17.9 Å². The lowest BCUT2D eigenvalue weighted by Gasteiger charge is -2.21. The number of carboxylic acids is 3. The minimum absolute atomic E-state index is 0.0459. The summed E-state index contributed by atoms with van der Waals surface area (Å²) in [7, 11) is 0. The van der Waals surface area contributed by atoms with Crippen LogP contribution in [0.25, 0.3) is 0 Å². The number of nitrogens with two attached hydrogens (primary N) is 4. The molecule has 136 valence electrons. The van der Waals surface area contributed by atoms with Gasteiger partial charge in [0.15, 0.2) is 0 Å². The molecule has 0 amide bonds. The van der Waals surface area contributed by atoms with Gasteiger partial charge in [-0.1, -0.05) is 6.42 Å². The van der Waals surface area contributed by atoms with Gasteiger partial charge in [-0.05, 0) is 32.2 Å². The molecule has 0 saturated heterocycles. The summed E-state index contributed by atoms with van der Waals surface area (Å²) in [5.41, 5.74) is 19.9. The summed E-state index contributed by atoms with van der Waals surface area (Å²) >= 11 is 0. The van der Waals surface area contributed by atoms with Crippen molar-refractivity contribution in [1.29, 1.82) is 0 Å². The number of carbonyl (C=O) groups is 3. The second-order valence-corrected chi connectivity index (χ2v) is 5.28. The molecule has 10 heteroatoms. The van der Waals surface area contributed by atoms with Gasteiger partial charge in [0.1, 0.15) is 6.04 Å². The maximum atomic E-state index is 10.2. The Bertz CT molecular complexity index is 375. The summed E-state index contributed by atoms with van der Waals surface area (Å²) < 4.78 is 0. The topological polar surface area (TPSA) is 216 Å². The molecule has 0 unspecified atom stereocenters. The van der Waals surface area contributed by atoms with Crippen LogP contribution in [0.15, 0.2) is 0 Å².